The summed E-state index contributed by atoms with van der Waals surface area (Å²) in [5.74, 6) is -0.0514. The Morgan fingerprint density at radius 3 is 2.84 bits per heavy atom. The van der Waals surface area contributed by atoms with Crippen molar-refractivity contribution in [3.63, 3.8) is 0 Å². The van der Waals surface area contributed by atoms with Crippen molar-refractivity contribution in [3.8, 4) is 0 Å². The lowest BCUT2D eigenvalue weighted by Gasteiger charge is -2.12. The zero-order chi connectivity index (χ0) is 12.5. The second kappa shape index (κ2) is 5.90. The third-order valence-corrected chi connectivity index (χ3v) is 3.79. The molecule has 1 aliphatic carbocycles. The minimum Gasteiger partial charge on any atom is -0.392 e. The van der Waals surface area contributed by atoms with E-state index < -0.39 is 6.10 Å². The number of hydrogen-bond donors (Lipinski definition) is 3. The number of anilines is 1. The van der Waals surface area contributed by atoms with Gasteiger partial charge < -0.3 is 15.7 Å². The molecule has 0 saturated carbocycles. The maximum absolute atomic E-state index is 12.0. The van der Waals surface area contributed by atoms with Crippen molar-refractivity contribution < 1.29 is 9.90 Å². The molecule has 104 valence electrons. The number of benzene rings is 1. The van der Waals surface area contributed by atoms with E-state index in [9.17, 15) is 9.90 Å². The minimum atomic E-state index is -0.402. The highest BCUT2D eigenvalue weighted by Gasteiger charge is 2.28. The van der Waals surface area contributed by atoms with E-state index in [0.29, 0.717) is 13.0 Å². The van der Waals surface area contributed by atoms with E-state index in [4.69, 9.17) is 0 Å². The Hall–Kier alpha value is -1.10. The number of aryl methyl sites for hydroxylation is 2. The van der Waals surface area contributed by atoms with E-state index in [0.717, 1.165) is 18.5 Å². The Balaban J connectivity index is 0.00000133. The number of aliphatic hydroxyl groups excluding tert-OH is 1. The van der Waals surface area contributed by atoms with E-state index in [2.05, 4.69) is 22.8 Å². The first-order valence-electron chi connectivity index (χ1n) is 6.56. The van der Waals surface area contributed by atoms with Crippen molar-refractivity contribution in [2.45, 2.75) is 37.8 Å². The quantitative estimate of drug-likeness (QED) is 0.765. The number of aliphatic hydroxyl groups is 1. The van der Waals surface area contributed by atoms with Gasteiger partial charge in [-0.05, 0) is 48.9 Å². The highest BCUT2D eigenvalue weighted by molar-refractivity contribution is 5.95. The molecule has 3 N–H and O–H groups in total. The molecule has 3 rings (SSSR count). The molecule has 2 unspecified atom stereocenters. The molecule has 0 aromatic heterocycles. The summed E-state index contributed by atoms with van der Waals surface area (Å²) in [7, 11) is 0. The van der Waals surface area contributed by atoms with Gasteiger partial charge in [0.15, 0.2) is 0 Å². The maximum atomic E-state index is 12.0. The number of nitrogens with one attached hydrogen (secondary N) is 2. The van der Waals surface area contributed by atoms with Gasteiger partial charge in [-0.15, -0.1) is 12.4 Å². The summed E-state index contributed by atoms with van der Waals surface area (Å²) in [6.07, 6.45) is 3.57. The molecule has 5 heteroatoms. The second-order valence-electron chi connectivity index (χ2n) is 5.18. The van der Waals surface area contributed by atoms with E-state index in [1.807, 2.05) is 6.07 Å². The Morgan fingerprint density at radius 1 is 1.32 bits per heavy atom. The fourth-order valence-corrected chi connectivity index (χ4v) is 2.80. The Kier molecular flexibility index (Phi) is 4.45. The Bertz CT molecular complexity index is 479. The molecule has 4 nitrogen and oxygen atoms in total. The first-order chi connectivity index (χ1) is 8.72. The van der Waals surface area contributed by atoms with Crippen molar-refractivity contribution in [1.82, 2.24) is 5.32 Å². The normalized spacial score (nSPS) is 24.7. The monoisotopic (exact) mass is 282 g/mol. The molecule has 1 amide bonds. The molecular weight excluding hydrogens is 264 g/mol. The predicted octanol–water partition coefficient (Wildman–Crippen LogP) is 1.26. The molecule has 1 saturated heterocycles. The van der Waals surface area contributed by atoms with E-state index in [1.165, 1.54) is 17.5 Å². The van der Waals surface area contributed by atoms with E-state index >= 15 is 0 Å². The van der Waals surface area contributed by atoms with Crippen LogP contribution in [-0.2, 0) is 17.6 Å². The molecule has 19 heavy (non-hydrogen) atoms. The van der Waals surface area contributed by atoms with Crippen LogP contribution >= 0.6 is 12.4 Å². The standard InChI is InChI=1S/C14H18N2O2.ClH/c17-12-7-13(15-8-12)14(18)16-11-5-4-9-2-1-3-10(9)6-11;/h4-6,12-13,15,17H,1-3,7-8H2,(H,16,18);1H. The van der Waals surface area contributed by atoms with Gasteiger partial charge in [0.05, 0.1) is 12.1 Å². The number of carbonyl (C=O) groups is 1. The van der Waals surface area contributed by atoms with Crippen LogP contribution in [0.15, 0.2) is 18.2 Å². The van der Waals surface area contributed by atoms with Gasteiger partial charge in [-0.25, -0.2) is 0 Å². The van der Waals surface area contributed by atoms with Crippen LogP contribution in [0.25, 0.3) is 0 Å². The molecule has 0 radical (unpaired) electrons. The number of rotatable bonds is 2. The molecule has 1 aliphatic heterocycles. The van der Waals surface area contributed by atoms with Crippen LogP contribution in [0.5, 0.6) is 0 Å². The zero-order valence-corrected chi connectivity index (χ0v) is 11.5. The van der Waals surface area contributed by atoms with Crippen LogP contribution in [-0.4, -0.2) is 29.7 Å². The molecule has 1 heterocycles. The summed E-state index contributed by atoms with van der Waals surface area (Å²) in [6.45, 7) is 0.502. The predicted molar refractivity (Wildman–Crippen MR) is 76.8 cm³/mol. The van der Waals surface area contributed by atoms with Gasteiger partial charge >= 0.3 is 0 Å². The molecule has 0 spiro atoms. The number of β-amino-alcohol motifs (C(OH)–C–C–N with tert-alkyl or cyclic N) is 1. The van der Waals surface area contributed by atoms with Crippen molar-refractivity contribution >= 4 is 24.0 Å². The number of fused-ring (bicyclic) bond motifs is 1. The summed E-state index contributed by atoms with van der Waals surface area (Å²) in [4.78, 5) is 12.0. The number of hydrogen-bond acceptors (Lipinski definition) is 3. The maximum Gasteiger partial charge on any atom is 0.241 e. The van der Waals surface area contributed by atoms with Crippen molar-refractivity contribution in [2.24, 2.45) is 0 Å². The van der Waals surface area contributed by atoms with Crippen LogP contribution < -0.4 is 10.6 Å². The molecule has 1 aromatic carbocycles. The average Bonchev–Trinajstić information content (AvgIpc) is 2.96. The summed E-state index contributed by atoms with van der Waals surface area (Å²) < 4.78 is 0. The van der Waals surface area contributed by atoms with Gasteiger partial charge in [-0.1, -0.05) is 6.07 Å². The van der Waals surface area contributed by atoms with Gasteiger partial charge in [0.1, 0.15) is 0 Å². The largest absolute Gasteiger partial charge is 0.392 e. The van der Waals surface area contributed by atoms with Gasteiger partial charge in [-0.2, -0.15) is 0 Å². The topological polar surface area (TPSA) is 61.4 Å². The lowest BCUT2D eigenvalue weighted by molar-refractivity contribution is -0.117. The average molecular weight is 283 g/mol. The number of carbonyl (C=O) groups excluding carboxylic acids is 1. The summed E-state index contributed by atoms with van der Waals surface area (Å²) in [5, 5.41) is 15.3. The van der Waals surface area contributed by atoms with Crippen LogP contribution in [0, 0.1) is 0 Å². The van der Waals surface area contributed by atoms with Gasteiger partial charge in [0.25, 0.3) is 0 Å². The third kappa shape index (κ3) is 3.08. The zero-order valence-electron chi connectivity index (χ0n) is 10.7. The van der Waals surface area contributed by atoms with Crippen LogP contribution in [0.4, 0.5) is 5.69 Å². The van der Waals surface area contributed by atoms with Crippen LogP contribution in [0.2, 0.25) is 0 Å². The molecule has 0 bridgehead atoms. The third-order valence-electron chi connectivity index (χ3n) is 3.79. The number of halogens is 1. The fraction of sp³-hybridized carbons (Fsp3) is 0.500. The van der Waals surface area contributed by atoms with Gasteiger partial charge in [0, 0.05) is 12.2 Å². The SMILES string of the molecule is Cl.O=C(Nc1ccc2c(c1)CCC2)C1CC(O)CN1. The minimum absolute atomic E-state index is 0. The molecular formula is C14H19ClN2O2. The highest BCUT2D eigenvalue weighted by atomic mass is 35.5. The molecule has 2 atom stereocenters. The summed E-state index contributed by atoms with van der Waals surface area (Å²) >= 11 is 0. The molecule has 1 fully saturated rings. The van der Waals surface area contributed by atoms with Crippen molar-refractivity contribution in [3.05, 3.63) is 29.3 Å². The lowest BCUT2D eigenvalue weighted by atomic mass is 10.1. The summed E-state index contributed by atoms with van der Waals surface area (Å²) in [6, 6.07) is 5.88. The first-order valence-corrected chi connectivity index (χ1v) is 6.56. The summed E-state index contributed by atoms with van der Waals surface area (Å²) in [5.41, 5.74) is 3.62. The number of amides is 1. The van der Waals surface area contributed by atoms with Crippen LogP contribution in [0.1, 0.15) is 24.0 Å². The van der Waals surface area contributed by atoms with Crippen molar-refractivity contribution in [1.29, 1.82) is 0 Å². The van der Waals surface area contributed by atoms with Crippen LogP contribution in [0.3, 0.4) is 0 Å². The fourth-order valence-electron chi connectivity index (χ4n) is 2.80. The van der Waals surface area contributed by atoms with E-state index in [1.54, 1.807) is 0 Å². The second-order valence-corrected chi connectivity index (χ2v) is 5.18. The Labute approximate surface area is 119 Å². The van der Waals surface area contributed by atoms with Gasteiger partial charge in [0.2, 0.25) is 5.91 Å². The lowest BCUT2D eigenvalue weighted by Crippen LogP contribution is -2.35. The first kappa shape index (κ1) is 14.3. The van der Waals surface area contributed by atoms with Crippen molar-refractivity contribution in [2.75, 3.05) is 11.9 Å². The molecule has 1 aromatic rings. The Morgan fingerprint density at radius 2 is 2.11 bits per heavy atom. The van der Waals surface area contributed by atoms with Gasteiger partial charge in [-0.3, -0.25) is 4.79 Å². The highest BCUT2D eigenvalue weighted by Crippen LogP contribution is 2.25. The smallest absolute Gasteiger partial charge is 0.241 e. The van der Waals surface area contributed by atoms with E-state index in [-0.39, 0.29) is 24.4 Å². The molecule has 2 aliphatic rings.